The summed E-state index contributed by atoms with van der Waals surface area (Å²) in [6.07, 6.45) is 0. The summed E-state index contributed by atoms with van der Waals surface area (Å²) in [5.41, 5.74) is 1.10. The van der Waals surface area contributed by atoms with Gasteiger partial charge in [0.2, 0.25) is 0 Å². The molecule has 3 nitrogen and oxygen atoms in total. The summed E-state index contributed by atoms with van der Waals surface area (Å²) in [7, 11) is 0. The first kappa shape index (κ1) is 14.9. The van der Waals surface area contributed by atoms with Crippen LogP contribution in [0.4, 0.5) is 5.69 Å². The van der Waals surface area contributed by atoms with Crippen LogP contribution in [0.3, 0.4) is 0 Å². The molecule has 0 aromatic heterocycles. The van der Waals surface area contributed by atoms with Gasteiger partial charge in [-0.15, -0.1) is 11.8 Å². The normalized spacial score (nSPS) is 12.5. The first-order chi connectivity index (χ1) is 8.47. The topological polar surface area (TPSA) is 49.3 Å². The van der Waals surface area contributed by atoms with Crippen molar-refractivity contribution in [1.82, 2.24) is 0 Å². The molecule has 4 heteroatoms. The highest BCUT2D eigenvalue weighted by Gasteiger charge is 2.17. The van der Waals surface area contributed by atoms with Crippen molar-refractivity contribution in [2.24, 2.45) is 5.92 Å². The number of nitrogens with one attached hydrogen (secondary N) is 1. The second-order valence-corrected chi connectivity index (χ2v) is 5.90. The number of hydrogen-bond donors (Lipinski definition) is 2. The van der Waals surface area contributed by atoms with E-state index in [2.05, 4.69) is 26.1 Å². The van der Waals surface area contributed by atoms with Gasteiger partial charge in [0.15, 0.2) is 0 Å². The fourth-order valence-corrected chi connectivity index (χ4v) is 2.39. The van der Waals surface area contributed by atoms with E-state index in [1.54, 1.807) is 11.8 Å². The van der Waals surface area contributed by atoms with Gasteiger partial charge in [-0.25, -0.2) is 4.79 Å². The van der Waals surface area contributed by atoms with Gasteiger partial charge >= 0.3 is 5.97 Å². The van der Waals surface area contributed by atoms with E-state index in [0.717, 1.165) is 10.6 Å². The summed E-state index contributed by atoms with van der Waals surface area (Å²) in [5, 5.41) is 12.7. The highest BCUT2D eigenvalue weighted by molar-refractivity contribution is 7.99. The van der Waals surface area contributed by atoms with Gasteiger partial charge < -0.3 is 10.4 Å². The lowest BCUT2D eigenvalue weighted by atomic mass is 10.1. The summed E-state index contributed by atoms with van der Waals surface area (Å²) in [5.74, 6) is 0.447. The molecule has 0 aliphatic heterocycles. The molecular weight excluding hydrogens is 246 g/mol. The number of thioether (sulfide) groups is 1. The lowest BCUT2D eigenvalue weighted by Crippen LogP contribution is -2.23. The molecule has 0 spiro atoms. The van der Waals surface area contributed by atoms with Gasteiger partial charge in [0.1, 0.15) is 0 Å². The zero-order valence-electron chi connectivity index (χ0n) is 11.4. The molecule has 1 aromatic rings. The smallest absolute Gasteiger partial charge is 0.338 e. The molecule has 1 atom stereocenters. The van der Waals surface area contributed by atoms with Crippen LogP contribution in [0.25, 0.3) is 0 Å². The van der Waals surface area contributed by atoms with Gasteiger partial charge in [-0.2, -0.15) is 0 Å². The molecule has 18 heavy (non-hydrogen) atoms. The van der Waals surface area contributed by atoms with Crippen LogP contribution in [-0.2, 0) is 0 Å². The third kappa shape index (κ3) is 3.67. The minimum absolute atomic E-state index is 0.241. The van der Waals surface area contributed by atoms with Crippen molar-refractivity contribution in [2.45, 2.75) is 38.6 Å². The van der Waals surface area contributed by atoms with E-state index < -0.39 is 5.97 Å². The van der Waals surface area contributed by atoms with Crippen LogP contribution in [0.2, 0.25) is 0 Å². The number of carboxylic acids is 1. The first-order valence-electron chi connectivity index (χ1n) is 6.23. The number of benzene rings is 1. The average molecular weight is 267 g/mol. The quantitative estimate of drug-likeness (QED) is 0.766. The Morgan fingerprint density at radius 2 is 2.06 bits per heavy atom. The van der Waals surface area contributed by atoms with Gasteiger partial charge in [-0.05, 0) is 30.7 Å². The highest BCUT2D eigenvalue weighted by atomic mass is 32.2. The number of carbonyl (C=O) groups is 1. The van der Waals surface area contributed by atoms with E-state index in [0.29, 0.717) is 17.2 Å². The Morgan fingerprint density at radius 3 is 2.56 bits per heavy atom. The Hall–Kier alpha value is -1.16. The molecule has 0 saturated heterocycles. The third-order valence-electron chi connectivity index (χ3n) is 2.92. The zero-order chi connectivity index (χ0) is 13.7. The second-order valence-electron chi connectivity index (χ2n) is 4.59. The fourth-order valence-electron chi connectivity index (χ4n) is 1.56. The molecule has 0 bridgehead atoms. The average Bonchev–Trinajstić information content (AvgIpc) is 2.29. The SMILES string of the molecule is CCSc1cccc(NC(C)C(C)C)c1C(=O)O. The molecule has 0 fully saturated rings. The third-order valence-corrected chi connectivity index (χ3v) is 3.86. The van der Waals surface area contributed by atoms with E-state index >= 15 is 0 Å². The Labute approximate surface area is 113 Å². The summed E-state index contributed by atoms with van der Waals surface area (Å²) >= 11 is 1.56. The molecule has 1 aromatic carbocycles. The Morgan fingerprint density at radius 1 is 1.39 bits per heavy atom. The van der Waals surface area contributed by atoms with E-state index in [4.69, 9.17) is 0 Å². The zero-order valence-corrected chi connectivity index (χ0v) is 12.2. The maximum absolute atomic E-state index is 11.4. The first-order valence-corrected chi connectivity index (χ1v) is 7.21. The predicted octanol–water partition coefficient (Wildman–Crippen LogP) is 3.95. The van der Waals surface area contributed by atoms with E-state index in [-0.39, 0.29) is 6.04 Å². The van der Waals surface area contributed by atoms with Gasteiger partial charge in [-0.3, -0.25) is 0 Å². The van der Waals surface area contributed by atoms with Crippen LogP contribution < -0.4 is 5.32 Å². The lowest BCUT2D eigenvalue weighted by molar-refractivity contribution is 0.0694. The molecule has 0 aliphatic carbocycles. The van der Waals surface area contributed by atoms with Gasteiger partial charge in [0.05, 0.1) is 11.3 Å². The fraction of sp³-hybridized carbons (Fsp3) is 0.500. The maximum atomic E-state index is 11.4. The number of rotatable bonds is 6. The number of hydrogen-bond acceptors (Lipinski definition) is 3. The molecule has 0 aliphatic rings. The van der Waals surface area contributed by atoms with Gasteiger partial charge in [0, 0.05) is 10.9 Å². The Kier molecular flexibility index (Phi) is 5.54. The van der Waals surface area contributed by atoms with E-state index in [9.17, 15) is 9.90 Å². The molecule has 0 saturated carbocycles. The summed E-state index contributed by atoms with van der Waals surface area (Å²) < 4.78 is 0. The summed E-state index contributed by atoms with van der Waals surface area (Å²) in [6, 6.07) is 5.84. The van der Waals surface area contributed by atoms with Gasteiger partial charge in [-0.1, -0.05) is 26.8 Å². The van der Waals surface area contributed by atoms with Crippen molar-refractivity contribution in [1.29, 1.82) is 0 Å². The monoisotopic (exact) mass is 267 g/mol. The summed E-state index contributed by atoms with van der Waals surface area (Å²) in [4.78, 5) is 12.2. The standard InChI is InChI=1S/C14H21NO2S/c1-5-18-12-8-6-7-11(13(12)14(16)17)15-10(4)9(2)3/h6-10,15H,5H2,1-4H3,(H,16,17). The molecule has 100 valence electrons. The molecule has 0 heterocycles. The van der Waals surface area contributed by atoms with Crippen LogP contribution in [0.1, 0.15) is 38.1 Å². The minimum Gasteiger partial charge on any atom is -0.478 e. The van der Waals surface area contributed by atoms with Crippen LogP contribution in [0.15, 0.2) is 23.1 Å². The molecule has 2 N–H and O–H groups in total. The number of carboxylic acid groups (broad SMARTS) is 1. The minimum atomic E-state index is -0.870. The Bertz CT molecular complexity index is 418. The molecule has 1 unspecified atom stereocenters. The van der Waals surface area contributed by atoms with Crippen LogP contribution in [-0.4, -0.2) is 22.9 Å². The highest BCUT2D eigenvalue weighted by Crippen LogP contribution is 2.29. The van der Waals surface area contributed by atoms with Crippen LogP contribution in [0, 0.1) is 5.92 Å². The van der Waals surface area contributed by atoms with Crippen molar-refractivity contribution < 1.29 is 9.90 Å². The largest absolute Gasteiger partial charge is 0.478 e. The van der Waals surface area contributed by atoms with E-state index in [1.165, 1.54) is 0 Å². The van der Waals surface area contributed by atoms with Gasteiger partial charge in [0.25, 0.3) is 0 Å². The predicted molar refractivity (Wildman–Crippen MR) is 77.7 cm³/mol. The Balaban J connectivity index is 3.10. The van der Waals surface area contributed by atoms with Crippen molar-refractivity contribution in [2.75, 3.05) is 11.1 Å². The number of aromatic carboxylic acids is 1. The molecule has 1 rings (SSSR count). The van der Waals surface area contributed by atoms with Crippen LogP contribution in [0.5, 0.6) is 0 Å². The summed E-state index contributed by atoms with van der Waals surface area (Å²) in [6.45, 7) is 8.31. The molecular formula is C14H21NO2S. The lowest BCUT2D eigenvalue weighted by Gasteiger charge is -2.21. The van der Waals surface area contributed by atoms with Crippen molar-refractivity contribution >= 4 is 23.4 Å². The molecule has 0 amide bonds. The second kappa shape index (κ2) is 6.69. The van der Waals surface area contributed by atoms with E-state index in [1.807, 2.05) is 25.1 Å². The molecule has 0 radical (unpaired) electrons. The maximum Gasteiger partial charge on any atom is 0.338 e. The van der Waals surface area contributed by atoms with Crippen LogP contribution >= 0.6 is 11.8 Å². The van der Waals surface area contributed by atoms with Crippen molar-refractivity contribution in [3.8, 4) is 0 Å². The number of anilines is 1. The van der Waals surface area contributed by atoms with Crippen molar-refractivity contribution in [3.05, 3.63) is 23.8 Å². The van der Waals surface area contributed by atoms with Crippen molar-refractivity contribution in [3.63, 3.8) is 0 Å².